The molecule has 1 atom stereocenters. The minimum Gasteiger partial charge on any atom is -0.496 e. The van der Waals surface area contributed by atoms with Gasteiger partial charge in [0.2, 0.25) is 5.91 Å². The standard InChI is InChI=1S/C18H23N3O4/c1-25-15-5-3-2-4-13(15)12-8-10-21(11-9-12)16(22)7-6-14-17(23)20-18(24)19-14/h2-5,12,14H,6-11H2,1H3,(H2,19,20,23,24)/t14-/m0/s1. The predicted octanol–water partition coefficient (Wildman–Crippen LogP) is 1.39. The van der Waals surface area contributed by atoms with E-state index in [4.69, 9.17) is 4.74 Å². The molecule has 2 aliphatic rings. The monoisotopic (exact) mass is 345 g/mol. The predicted molar refractivity (Wildman–Crippen MR) is 91.2 cm³/mol. The number of carbonyl (C=O) groups is 3. The number of hydrogen-bond acceptors (Lipinski definition) is 4. The molecule has 134 valence electrons. The number of amides is 4. The first-order valence-corrected chi connectivity index (χ1v) is 8.60. The molecule has 0 aliphatic carbocycles. The topological polar surface area (TPSA) is 87.7 Å². The van der Waals surface area contributed by atoms with Crippen molar-refractivity contribution in [3.05, 3.63) is 29.8 Å². The molecule has 4 amide bonds. The molecule has 2 aliphatic heterocycles. The minimum atomic E-state index is -0.595. The molecule has 2 fully saturated rings. The fourth-order valence-corrected chi connectivity index (χ4v) is 3.53. The fourth-order valence-electron chi connectivity index (χ4n) is 3.53. The quantitative estimate of drug-likeness (QED) is 0.790. The Bertz CT molecular complexity index is 668. The average molecular weight is 345 g/mol. The van der Waals surface area contributed by atoms with Crippen LogP contribution < -0.4 is 15.4 Å². The van der Waals surface area contributed by atoms with Crippen LogP contribution in [0.2, 0.25) is 0 Å². The molecule has 0 unspecified atom stereocenters. The molecule has 25 heavy (non-hydrogen) atoms. The second-order valence-electron chi connectivity index (χ2n) is 6.45. The van der Waals surface area contributed by atoms with Crippen molar-refractivity contribution in [2.45, 2.75) is 37.6 Å². The van der Waals surface area contributed by atoms with Crippen molar-refractivity contribution >= 4 is 17.8 Å². The summed E-state index contributed by atoms with van der Waals surface area (Å²) in [5, 5.41) is 4.70. The maximum atomic E-state index is 12.4. The Balaban J connectivity index is 1.49. The van der Waals surface area contributed by atoms with Gasteiger partial charge in [-0.1, -0.05) is 18.2 Å². The van der Waals surface area contributed by atoms with Gasteiger partial charge in [-0.25, -0.2) is 4.79 Å². The number of para-hydroxylation sites is 1. The zero-order valence-corrected chi connectivity index (χ0v) is 14.3. The molecule has 2 saturated heterocycles. The zero-order chi connectivity index (χ0) is 17.8. The summed E-state index contributed by atoms with van der Waals surface area (Å²) in [6.45, 7) is 1.40. The number of benzene rings is 1. The van der Waals surface area contributed by atoms with Crippen LogP contribution in [0.5, 0.6) is 5.75 Å². The van der Waals surface area contributed by atoms with Crippen molar-refractivity contribution in [1.82, 2.24) is 15.5 Å². The summed E-state index contributed by atoms with van der Waals surface area (Å²) in [5.74, 6) is 0.968. The van der Waals surface area contributed by atoms with E-state index in [0.29, 0.717) is 25.4 Å². The van der Waals surface area contributed by atoms with Gasteiger partial charge in [0.1, 0.15) is 11.8 Å². The molecule has 0 spiro atoms. The molecule has 0 radical (unpaired) electrons. The third kappa shape index (κ3) is 3.92. The second-order valence-corrected chi connectivity index (χ2v) is 6.45. The van der Waals surface area contributed by atoms with E-state index in [1.165, 1.54) is 5.56 Å². The average Bonchev–Trinajstić information content (AvgIpc) is 2.97. The van der Waals surface area contributed by atoms with Crippen molar-refractivity contribution in [3.8, 4) is 5.75 Å². The lowest BCUT2D eigenvalue weighted by atomic mass is 9.88. The highest BCUT2D eigenvalue weighted by atomic mass is 16.5. The van der Waals surface area contributed by atoms with Gasteiger partial charge in [-0.05, 0) is 36.8 Å². The molecule has 2 N–H and O–H groups in total. The lowest BCUT2D eigenvalue weighted by Crippen LogP contribution is -2.39. The highest BCUT2D eigenvalue weighted by molar-refractivity contribution is 6.04. The first kappa shape index (κ1) is 17.3. The highest BCUT2D eigenvalue weighted by Crippen LogP contribution is 2.34. The lowest BCUT2D eigenvalue weighted by Gasteiger charge is -2.33. The maximum Gasteiger partial charge on any atom is 0.322 e. The third-order valence-electron chi connectivity index (χ3n) is 4.93. The number of nitrogens with zero attached hydrogens (tertiary/aromatic N) is 1. The molecule has 7 nitrogen and oxygen atoms in total. The summed E-state index contributed by atoms with van der Waals surface area (Å²) in [4.78, 5) is 36.8. The number of piperidine rings is 1. The summed E-state index contributed by atoms with van der Waals surface area (Å²) in [6, 6.07) is 6.94. The van der Waals surface area contributed by atoms with Crippen molar-refractivity contribution < 1.29 is 19.1 Å². The number of rotatable bonds is 5. The van der Waals surface area contributed by atoms with Gasteiger partial charge in [-0.15, -0.1) is 0 Å². The molecule has 2 heterocycles. The van der Waals surface area contributed by atoms with Gasteiger partial charge in [0.05, 0.1) is 7.11 Å². The van der Waals surface area contributed by atoms with Gasteiger partial charge >= 0.3 is 6.03 Å². The molecule has 1 aromatic rings. The van der Waals surface area contributed by atoms with E-state index < -0.39 is 12.1 Å². The van der Waals surface area contributed by atoms with E-state index in [9.17, 15) is 14.4 Å². The molecular weight excluding hydrogens is 322 g/mol. The lowest BCUT2D eigenvalue weighted by molar-refractivity contribution is -0.132. The van der Waals surface area contributed by atoms with Crippen LogP contribution >= 0.6 is 0 Å². The Morgan fingerprint density at radius 1 is 1.24 bits per heavy atom. The normalized spacial score (nSPS) is 21.0. The van der Waals surface area contributed by atoms with E-state index in [2.05, 4.69) is 16.7 Å². The third-order valence-corrected chi connectivity index (χ3v) is 4.93. The fraction of sp³-hybridized carbons (Fsp3) is 0.500. The van der Waals surface area contributed by atoms with Gasteiger partial charge in [0.25, 0.3) is 5.91 Å². The van der Waals surface area contributed by atoms with Crippen LogP contribution in [-0.2, 0) is 9.59 Å². The maximum absolute atomic E-state index is 12.4. The molecule has 0 saturated carbocycles. The summed E-state index contributed by atoms with van der Waals surface area (Å²) in [7, 11) is 1.68. The van der Waals surface area contributed by atoms with E-state index >= 15 is 0 Å². The van der Waals surface area contributed by atoms with Gasteiger partial charge in [-0.3, -0.25) is 14.9 Å². The largest absolute Gasteiger partial charge is 0.496 e. The number of imide groups is 1. The van der Waals surface area contributed by atoms with Crippen LogP contribution in [0.3, 0.4) is 0 Å². The second kappa shape index (κ2) is 7.55. The first-order valence-electron chi connectivity index (χ1n) is 8.60. The number of carbonyl (C=O) groups excluding carboxylic acids is 3. The van der Waals surface area contributed by atoms with Crippen molar-refractivity contribution in [2.24, 2.45) is 0 Å². The van der Waals surface area contributed by atoms with Crippen LogP contribution in [0.25, 0.3) is 0 Å². The van der Waals surface area contributed by atoms with Crippen molar-refractivity contribution in [3.63, 3.8) is 0 Å². The highest BCUT2D eigenvalue weighted by Gasteiger charge is 2.31. The van der Waals surface area contributed by atoms with Crippen LogP contribution in [-0.4, -0.2) is 49.0 Å². The summed E-state index contributed by atoms with van der Waals surface area (Å²) >= 11 is 0. The Morgan fingerprint density at radius 3 is 2.60 bits per heavy atom. The number of ether oxygens (including phenoxy) is 1. The van der Waals surface area contributed by atoms with E-state index in [1.54, 1.807) is 7.11 Å². The Labute approximate surface area is 146 Å². The summed E-state index contributed by atoms with van der Waals surface area (Å²) < 4.78 is 5.43. The molecule has 0 aromatic heterocycles. The molecule has 0 bridgehead atoms. The Morgan fingerprint density at radius 2 is 1.96 bits per heavy atom. The van der Waals surface area contributed by atoms with Gasteiger partial charge in [-0.2, -0.15) is 0 Å². The summed E-state index contributed by atoms with van der Waals surface area (Å²) in [6.07, 6.45) is 2.39. The SMILES string of the molecule is COc1ccccc1C1CCN(C(=O)CC[C@@H]2NC(=O)NC2=O)CC1. The smallest absolute Gasteiger partial charge is 0.322 e. The zero-order valence-electron chi connectivity index (χ0n) is 14.3. The van der Waals surface area contributed by atoms with Crippen molar-refractivity contribution in [2.75, 3.05) is 20.2 Å². The number of methoxy groups -OCH3 is 1. The van der Waals surface area contributed by atoms with E-state index in [0.717, 1.165) is 18.6 Å². The minimum absolute atomic E-state index is 0.0347. The van der Waals surface area contributed by atoms with E-state index in [-0.39, 0.29) is 18.2 Å². The van der Waals surface area contributed by atoms with Gasteiger partial charge < -0.3 is 15.0 Å². The number of likely N-dealkylation sites (tertiary alicyclic amines) is 1. The van der Waals surface area contributed by atoms with Crippen LogP contribution in [0.4, 0.5) is 4.79 Å². The molecule has 7 heteroatoms. The molecular formula is C18H23N3O4. The number of urea groups is 1. The summed E-state index contributed by atoms with van der Waals surface area (Å²) in [5.41, 5.74) is 1.20. The van der Waals surface area contributed by atoms with Crippen LogP contribution in [0, 0.1) is 0 Å². The van der Waals surface area contributed by atoms with E-state index in [1.807, 2.05) is 23.1 Å². The van der Waals surface area contributed by atoms with Crippen LogP contribution in [0.15, 0.2) is 24.3 Å². The molecule has 1 aromatic carbocycles. The molecule has 3 rings (SSSR count). The Hall–Kier alpha value is -2.57. The number of hydrogen-bond donors (Lipinski definition) is 2. The van der Waals surface area contributed by atoms with Crippen molar-refractivity contribution in [1.29, 1.82) is 0 Å². The Kier molecular flexibility index (Phi) is 5.21. The number of nitrogens with one attached hydrogen (secondary N) is 2. The first-order chi connectivity index (χ1) is 12.1. The van der Waals surface area contributed by atoms with Gasteiger partial charge in [0, 0.05) is 19.5 Å². The van der Waals surface area contributed by atoms with Gasteiger partial charge in [0.15, 0.2) is 0 Å². The van der Waals surface area contributed by atoms with Crippen LogP contribution in [0.1, 0.15) is 37.2 Å².